The van der Waals surface area contributed by atoms with Crippen LogP contribution < -0.4 is 10.6 Å². The molecule has 9 heteroatoms. The highest BCUT2D eigenvalue weighted by Crippen LogP contribution is 2.29. The van der Waals surface area contributed by atoms with Gasteiger partial charge in [0.05, 0.1) is 5.56 Å². The van der Waals surface area contributed by atoms with Crippen molar-refractivity contribution >= 4 is 17.6 Å². The molecule has 2 N–H and O–H groups in total. The van der Waals surface area contributed by atoms with E-state index in [0.717, 1.165) is 12.1 Å². The van der Waals surface area contributed by atoms with Crippen LogP contribution >= 0.6 is 0 Å². The normalized spacial score (nSPS) is 11.0. The monoisotopic (exact) mass is 366 g/mol. The van der Waals surface area contributed by atoms with Crippen LogP contribution in [0.5, 0.6) is 0 Å². The zero-order chi connectivity index (χ0) is 19.3. The third kappa shape index (κ3) is 5.20. The molecule has 0 saturated carbocycles. The predicted octanol–water partition coefficient (Wildman–Crippen LogP) is 3.12. The summed E-state index contributed by atoms with van der Waals surface area (Å²) in [5, 5.41) is 4.97. The number of nitrogens with one attached hydrogen (secondary N) is 2. The van der Waals surface area contributed by atoms with E-state index in [0.29, 0.717) is 11.3 Å². The fourth-order valence-corrected chi connectivity index (χ4v) is 2.07. The van der Waals surface area contributed by atoms with E-state index in [9.17, 15) is 22.8 Å². The topological polar surface area (TPSA) is 74.3 Å². The van der Waals surface area contributed by atoms with E-state index in [-0.39, 0.29) is 18.1 Å². The largest absolute Gasteiger partial charge is 0.416 e. The highest BCUT2D eigenvalue weighted by molar-refractivity contribution is 5.95. The van der Waals surface area contributed by atoms with Gasteiger partial charge in [-0.1, -0.05) is 12.1 Å². The molecule has 0 spiro atoms. The maximum Gasteiger partial charge on any atom is 0.416 e. The number of hydrogen-bond acceptors (Lipinski definition) is 3. The standard InChI is InChI=1S/C17H17F3N4O2/c1-24(2)15(25)14-9-13(6-7-21-14)23-16(26)22-10-11-4-3-5-12(8-11)17(18,19)20/h3-9H,10H2,1-2H3,(H2,21,22,23,26). The molecule has 1 aromatic carbocycles. The van der Waals surface area contributed by atoms with Gasteiger partial charge >= 0.3 is 12.2 Å². The van der Waals surface area contributed by atoms with Gasteiger partial charge in [-0.3, -0.25) is 9.78 Å². The molecule has 0 atom stereocenters. The van der Waals surface area contributed by atoms with Crippen molar-refractivity contribution in [3.05, 3.63) is 59.4 Å². The highest BCUT2D eigenvalue weighted by atomic mass is 19.4. The number of alkyl halides is 3. The Morgan fingerprint density at radius 2 is 1.88 bits per heavy atom. The van der Waals surface area contributed by atoms with Crippen LogP contribution in [0.25, 0.3) is 0 Å². The van der Waals surface area contributed by atoms with Gasteiger partial charge in [-0.2, -0.15) is 13.2 Å². The van der Waals surface area contributed by atoms with Crippen LogP contribution in [0, 0.1) is 0 Å². The van der Waals surface area contributed by atoms with E-state index in [1.54, 1.807) is 14.1 Å². The van der Waals surface area contributed by atoms with E-state index in [1.807, 2.05) is 0 Å². The first-order valence-corrected chi connectivity index (χ1v) is 7.55. The number of benzene rings is 1. The van der Waals surface area contributed by atoms with Crippen molar-refractivity contribution in [2.75, 3.05) is 19.4 Å². The minimum atomic E-state index is -4.44. The SMILES string of the molecule is CN(C)C(=O)c1cc(NC(=O)NCc2cccc(C(F)(F)F)c2)ccn1. The number of urea groups is 1. The number of amides is 3. The average molecular weight is 366 g/mol. The maximum atomic E-state index is 12.7. The summed E-state index contributed by atoms with van der Waals surface area (Å²) in [6.07, 6.45) is -3.07. The Labute approximate surface area is 148 Å². The third-order valence-electron chi connectivity index (χ3n) is 3.35. The lowest BCUT2D eigenvalue weighted by Crippen LogP contribution is -2.28. The lowest BCUT2D eigenvalue weighted by Gasteiger charge is -2.12. The van der Waals surface area contributed by atoms with Gasteiger partial charge in [0, 0.05) is 32.5 Å². The molecule has 6 nitrogen and oxygen atoms in total. The third-order valence-corrected chi connectivity index (χ3v) is 3.35. The van der Waals surface area contributed by atoms with Crippen molar-refractivity contribution in [2.45, 2.75) is 12.7 Å². The lowest BCUT2D eigenvalue weighted by molar-refractivity contribution is -0.137. The number of nitrogens with zero attached hydrogens (tertiary/aromatic N) is 2. The molecule has 1 heterocycles. The van der Waals surface area contributed by atoms with Crippen molar-refractivity contribution < 1.29 is 22.8 Å². The van der Waals surface area contributed by atoms with Gasteiger partial charge in [0.2, 0.25) is 0 Å². The summed E-state index contributed by atoms with van der Waals surface area (Å²) in [6, 6.07) is 6.99. The molecule has 0 aliphatic heterocycles. The number of anilines is 1. The number of carbonyl (C=O) groups is 2. The second-order valence-corrected chi connectivity index (χ2v) is 5.64. The molecule has 0 aliphatic rings. The number of hydrogen-bond donors (Lipinski definition) is 2. The summed E-state index contributed by atoms with van der Waals surface area (Å²) >= 11 is 0. The Morgan fingerprint density at radius 1 is 1.15 bits per heavy atom. The van der Waals surface area contributed by atoms with Crippen molar-refractivity contribution in [3.63, 3.8) is 0 Å². The molecule has 0 radical (unpaired) electrons. The van der Waals surface area contributed by atoms with Crippen molar-refractivity contribution in [3.8, 4) is 0 Å². The quantitative estimate of drug-likeness (QED) is 0.873. The average Bonchev–Trinajstić information content (AvgIpc) is 2.59. The second-order valence-electron chi connectivity index (χ2n) is 5.64. The van der Waals surface area contributed by atoms with Gasteiger partial charge in [0.25, 0.3) is 5.91 Å². The van der Waals surface area contributed by atoms with Crippen molar-refractivity contribution in [1.29, 1.82) is 0 Å². The molecule has 0 bridgehead atoms. The summed E-state index contributed by atoms with van der Waals surface area (Å²) in [5.41, 5.74) is 0.0313. The van der Waals surface area contributed by atoms with Gasteiger partial charge in [-0.05, 0) is 29.8 Å². The number of carbonyl (C=O) groups excluding carboxylic acids is 2. The second kappa shape index (κ2) is 7.85. The van der Waals surface area contributed by atoms with E-state index in [1.165, 1.54) is 35.4 Å². The molecule has 0 unspecified atom stereocenters. The van der Waals surface area contributed by atoms with Gasteiger partial charge < -0.3 is 15.5 Å². The highest BCUT2D eigenvalue weighted by Gasteiger charge is 2.30. The molecule has 138 valence electrons. The van der Waals surface area contributed by atoms with Crippen LogP contribution in [0.2, 0.25) is 0 Å². The van der Waals surface area contributed by atoms with E-state index in [2.05, 4.69) is 15.6 Å². The smallest absolute Gasteiger partial charge is 0.343 e. The fourth-order valence-electron chi connectivity index (χ4n) is 2.07. The van der Waals surface area contributed by atoms with Gasteiger partial charge in [0.1, 0.15) is 5.69 Å². The van der Waals surface area contributed by atoms with Gasteiger partial charge in [-0.15, -0.1) is 0 Å². The molecule has 3 amide bonds. The molecule has 2 aromatic rings. The van der Waals surface area contributed by atoms with Crippen molar-refractivity contribution in [2.24, 2.45) is 0 Å². The van der Waals surface area contributed by atoms with Gasteiger partial charge in [0.15, 0.2) is 0 Å². The molecule has 0 saturated heterocycles. The molecule has 0 aliphatic carbocycles. The van der Waals surface area contributed by atoms with E-state index >= 15 is 0 Å². The summed E-state index contributed by atoms with van der Waals surface area (Å²) in [5.74, 6) is -0.321. The van der Waals surface area contributed by atoms with Crippen LogP contribution in [0.1, 0.15) is 21.6 Å². The first-order chi connectivity index (χ1) is 12.2. The lowest BCUT2D eigenvalue weighted by atomic mass is 10.1. The number of aromatic nitrogens is 1. The molecule has 0 fully saturated rings. The Hall–Kier alpha value is -3.10. The van der Waals surface area contributed by atoms with Crippen LogP contribution in [-0.2, 0) is 12.7 Å². The number of rotatable bonds is 4. The summed E-state index contributed by atoms with van der Waals surface area (Å²) in [6.45, 7) is -0.0790. The first kappa shape index (κ1) is 19.2. The molecule has 2 rings (SSSR count). The zero-order valence-electron chi connectivity index (χ0n) is 14.1. The summed E-state index contributed by atoms with van der Waals surface area (Å²) in [7, 11) is 3.15. The van der Waals surface area contributed by atoms with Crippen LogP contribution in [0.3, 0.4) is 0 Å². The van der Waals surface area contributed by atoms with E-state index in [4.69, 9.17) is 0 Å². The summed E-state index contributed by atoms with van der Waals surface area (Å²) in [4.78, 5) is 29.0. The van der Waals surface area contributed by atoms with Crippen LogP contribution in [0.4, 0.5) is 23.7 Å². The molecule has 1 aromatic heterocycles. The minimum Gasteiger partial charge on any atom is -0.343 e. The fraction of sp³-hybridized carbons (Fsp3) is 0.235. The zero-order valence-corrected chi connectivity index (χ0v) is 14.1. The Bertz CT molecular complexity index is 807. The van der Waals surface area contributed by atoms with Crippen LogP contribution in [-0.4, -0.2) is 35.9 Å². The number of halogens is 3. The van der Waals surface area contributed by atoms with Gasteiger partial charge in [-0.25, -0.2) is 4.79 Å². The van der Waals surface area contributed by atoms with E-state index < -0.39 is 17.8 Å². The van der Waals surface area contributed by atoms with Crippen molar-refractivity contribution in [1.82, 2.24) is 15.2 Å². The molecular formula is C17H17F3N4O2. The first-order valence-electron chi connectivity index (χ1n) is 7.55. The Morgan fingerprint density at radius 3 is 2.54 bits per heavy atom. The van der Waals surface area contributed by atoms with Crippen LogP contribution in [0.15, 0.2) is 42.6 Å². The maximum absolute atomic E-state index is 12.7. The Kier molecular flexibility index (Phi) is 5.81. The predicted molar refractivity (Wildman–Crippen MR) is 89.6 cm³/mol. The molecule has 26 heavy (non-hydrogen) atoms. The molecular weight excluding hydrogens is 349 g/mol. The Balaban J connectivity index is 1.98. The number of pyridine rings is 1. The summed E-state index contributed by atoms with van der Waals surface area (Å²) < 4.78 is 38.0. The minimum absolute atomic E-state index is 0.0790.